The minimum Gasteiger partial charge on any atom is -0.111 e. The van der Waals surface area contributed by atoms with Gasteiger partial charge >= 0.3 is 0 Å². The van der Waals surface area contributed by atoms with E-state index < -0.39 is 0 Å². The van der Waals surface area contributed by atoms with Crippen molar-refractivity contribution >= 4 is 23.5 Å². The summed E-state index contributed by atoms with van der Waals surface area (Å²) < 4.78 is 0.560. The molecule has 0 amide bonds. The quantitative estimate of drug-likeness (QED) is 0.375. The predicted octanol–water partition coefficient (Wildman–Crippen LogP) is 7.55. The van der Waals surface area contributed by atoms with Gasteiger partial charge in [0.05, 0.1) is 4.58 Å². The summed E-state index contributed by atoms with van der Waals surface area (Å²) in [5.74, 6) is 1.20. The first-order chi connectivity index (χ1) is 11.0. The lowest BCUT2D eigenvalue weighted by molar-refractivity contribution is 0.864. The van der Waals surface area contributed by atoms with E-state index in [2.05, 4.69) is 83.1 Å². The van der Waals surface area contributed by atoms with Crippen molar-refractivity contribution in [1.82, 2.24) is 0 Å². The number of rotatable bonds is 7. The van der Waals surface area contributed by atoms with E-state index in [9.17, 15) is 0 Å². The van der Waals surface area contributed by atoms with Crippen molar-refractivity contribution in [3.63, 3.8) is 0 Å². The van der Waals surface area contributed by atoms with Gasteiger partial charge < -0.3 is 0 Å². The van der Waals surface area contributed by atoms with Crippen molar-refractivity contribution in [2.75, 3.05) is 0 Å². The van der Waals surface area contributed by atoms with Gasteiger partial charge in [0.25, 0.3) is 0 Å². The molecule has 2 aromatic carbocycles. The average Bonchev–Trinajstić information content (AvgIpc) is 2.55. The molecule has 2 heteroatoms. The molecule has 0 bridgehead atoms. The van der Waals surface area contributed by atoms with Crippen molar-refractivity contribution in [1.29, 1.82) is 0 Å². The zero-order valence-corrected chi connectivity index (χ0v) is 16.5. The van der Waals surface area contributed by atoms with E-state index in [1.807, 2.05) is 23.5 Å². The monoisotopic (exact) mass is 344 g/mol. The molecule has 0 atom stereocenters. The summed E-state index contributed by atoms with van der Waals surface area (Å²) in [4.78, 5) is 2.74. The Balaban J connectivity index is 1.99. The second-order valence-electron chi connectivity index (χ2n) is 6.52. The van der Waals surface area contributed by atoms with E-state index in [1.165, 1.54) is 20.9 Å². The maximum Gasteiger partial charge on any atom is 0.0594 e. The molecule has 0 heterocycles. The first-order valence-electron chi connectivity index (χ1n) is 8.52. The summed E-state index contributed by atoms with van der Waals surface area (Å²) in [7, 11) is 0. The Morgan fingerprint density at radius 1 is 0.652 bits per heavy atom. The van der Waals surface area contributed by atoms with Crippen molar-refractivity contribution in [2.45, 2.75) is 67.2 Å². The van der Waals surface area contributed by atoms with Crippen LogP contribution in [-0.4, -0.2) is 4.58 Å². The van der Waals surface area contributed by atoms with Crippen LogP contribution in [0, 0.1) is 0 Å². The number of hydrogen-bond donors (Lipinski definition) is 0. The molecule has 0 nitrogen and oxygen atoms in total. The van der Waals surface area contributed by atoms with Crippen LogP contribution in [0.4, 0.5) is 0 Å². The second kappa shape index (κ2) is 8.84. The summed E-state index contributed by atoms with van der Waals surface area (Å²) >= 11 is 3.95. The van der Waals surface area contributed by atoms with Gasteiger partial charge in [0, 0.05) is 9.79 Å². The minimum absolute atomic E-state index is 0.560. The summed E-state index contributed by atoms with van der Waals surface area (Å²) in [6, 6.07) is 18.1. The van der Waals surface area contributed by atoms with Gasteiger partial charge in [-0.1, -0.05) is 58.9 Å². The molecule has 2 aromatic rings. The molecule has 0 saturated carbocycles. The molecule has 2 rings (SSSR count). The zero-order chi connectivity index (χ0) is 16.8. The maximum absolute atomic E-state index is 2.27. The average molecular weight is 345 g/mol. The second-order valence-corrected chi connectivity index (χ2v) is 9.37. The van der Waals surface area contributed by atoms with Gasteiger partial charge in [-0.2, -0.15) is 0 Å². The molecule has 0 unspecified atom stereocenters. The molecule has 0 fully saturated rings. The first kappa shape index (κ1) is 18.5. The van der Waals surface area contributed by atoms with Gasteiger partial charge in [0.1, 0.15) is 0 Å². The molecular weight excluding hydrogens is 316 g/mol. The van der Waals surface area contributed by atoms with Crippen LogP contribution in [-0.2, 0) is 0 Å². The molecule has 0 spiro atoms. The standard InChI is InChI=1S/C21H28S2/c1-6-21(22-19-11-7-17(8-12-19)15(2)3)23-20-13-9-18(10-14-20)16(4)5/h7-16,21H,6H2,1-5H3. The Kier molecular flexibility index (Phi) is 7.10. The van der Waals surface area contributed by atoms with E-state index in [1.54, 1.807) is 0 Å². The SMILES string of the molecule is CCC(Sc1ccc(C(C)C)cc1)Sc1ccc(C(C)C)cc1. The molecule has 0 radical (unpaired) electrons. The van der Waals surface area contributed by atoms with Gasteiger partial charge in [0.15, 0.2) is 0 Å². The summed E-state index contributed by atoms with van der Waals surface area (Å²) in [5.41, 5.74) is 2.83. The highest BCUT2D eigenvalue weighted by molar-refractivity contribution is 8.17. The minimum atomic E-state index is 0.560. The van der Waals surface area contributed by atoms with Crippen LogP contribution in [0.25, 0.3) is 0 Å². The Morgan fingerprint density at radius 2 is 1.00 bits per heavy atom. The van der Waals surface area contributed by atoms with Crippen LogP contribution in [0.15, 0.2) is 58.3 Å². The lowest BCUT2D eigenvalue weighted by atomic mass is 10.0. The fraction of sp³-hybridized carbons (Fsp3) is 0.429. The molecule has 0 aliphatic heterocycles. The molecule has 0 N–H and O–H groups in total. The van der Waals surface area contributed by atoms with Gasteiger partial charge in [-0.25, -0.2) is 0 Å². The Hall–Kier alpha value is -0.860. The normalized spacial score (nSPS) is 11.7. The highest BCUT2D eigenvalue weighted by Crippen LogP contribution is 2.38. The molecule has 124 valence electrons. The molecule has 0 saturated heterocycles. The first-order valence-corrected chi connectivity index (χ1v) is 10.3. The van der Waals surface area contributed by atoms with Gasteiger partial charge in [0.2, 0.25) is 0 Å². The van der Waals surface area contributed by atoms with Gasteiger partial charge in [-0.05, 0) is 53.6 Å². The Morgan fingerprint density at radius 3 is 1.26 bits per heavy atom. The highest BCUT2D eigenvalue weighted by Gasteiger charge is 2.11. The van der Waals surface area contributed by atoms with Gasteiger partial charge in [-0.3, -0.25) is 0 Å². The topological polar surface area (TPSA) is 0 Å². The van der Waals surface area contributed by atoms with E-state index in [4.69, 9.17) is 0 Å². The fourth-order valence-corrected chi connectivity index (χ4v) is 4.74. The van der Waals surface area contributed by atoms with Crippen LogP contribution in [0.2, 0.25) is 0 Å². The molecule has 0 aromatic heterocycles. The number of thioether (sulfide) groups is 2. The van der Waals surface area contributed by atoms with Crippen LogP contribution in [0.1, 0.15) is 64.0 Å². The van der Waals surface area contributed by atoms with Crippen LogP contribution in [0.5, 0.6) is 0 Å². The number of benzene rings is 2. The van der Waals surface area contributed by atoms with Gasteiger partial charge in [-0.15, -0.1) is 23.5 Å². The molecular formula is C21H28S2. The maximum atomic E-state index is 2.27. The smallest absolute Gasteiger partial charge is 0.0594 e. The van der Waals surface area contributed by atoms with Crippen LogP contribution >= 0.6 is 23.5 Å². The zero-order valence-electron chi connectivity index (χ0n) is 14.9. The van der Waals surface area contributed by atoms with Crippen molar-refractivity contribution in [2.24, 2.45) is 0 Å². The summed E-state index contributed by atoms with van der Waals surface area (Å²) in [6.07, 6.45) is 1.16. The molecule has 0 aliphatic carbocycles. The lowest BCUT2D eigenvalue weighted by Crippen LogP contribution is -1.95. The third kappa shape index (κ3) is 5.61. The predicted molar refractivity (Wildman–Crippen MR) is 107 cm³/mol. The Bertz CT molecular complexity index is 529. The van der Waals surface area contributed by atoms with Crippen molar-refractivity contribution in [3.8, 4) is 0 Å². The van der Waals surface area contributed by atoms with E-state index in [0.717, 1.165) is 6.42 Å². The highest BCUT2D eigenvalue weighted by atomic mass is 32.2. The molecule has 0 aliphatic rings. The summed E-state index contributed by atoms with van der Waals surface area (Å²) in [6.45, 7) is 11.2. The van der Waals surface area contributed by atoms with E-state index in [-0.39, 0.29) is 0 Å². The van der Waals surface area contributed by atoms with E-state index in [0.29, 0.717) is 16.4 Å². The third-order valence-corrected chi connectivity index (χ3v) is 6.82. The third-order valence-electron chi connectivity index (χ3n) is 3.96. The number of hydrogen-bond acceptors (Lipinski definition) is 2. The largest absolute Gasteiger partial charge is 0.111 e. The van der Waals surface area contributed by atoms with E-state index >= 15 is 0 Å². The summed E-state index contributed by atoms with van der Waals surface area (Å²) in [5, 5.41) is 0. The van der Waals surface area contributed by atoms with Crippen molar-refractivity contribution < 1.29 is 0 Å². The molecule has 23 heavy (non-hydrogen) atoms. The van der Waals surface area contributed by atoms with Crippen LogP contribution < -0.4 is 0 Å². The fourth-order valence-electron chi connectivity index (χ4n) is 2.36. The van der Waals surface area contributed by atoms with Crippen molar-refractivity contribution in [3.05, 3.63) is 59.7 Å². The Labute approximate surface area is 150 Å². The van der Waals surface area contributed by atoms with Crippen LogP contribution in [0.3, 0.4) is 0 Å². The lowest BCUT2D eigenvalue weighted by Gasteiger charge is -2.15.